The number of anilines is 2. The monoisotopic (exact) mass is 416 g/mol. The summed E-state index contributed by atoms with van der Waals surface area (Å²) in [6, 6.07) is 11.1. The number of amides is 1. The second-order valence-electron chi connectivity index (χ2n) is 7.16. The van der Waals surface area contributed by atoms with E-state index in [0.717, 1.165) is 21.6 Å². The van der Waals surface area contributed by atoms with E-state index in [-0.39, 0.29) is 5.69 Å². The molecule has 0 saturated heterocycles. The highest BCUT2D eigenvalue weighted by atomic mass is 32.2. The predicted molar refractivity (Wildman–Crippen MR) is 115 cm³/mol. The zero-order valence-electron chi connectivity index (χ0n) is 17.0. The number of aromatic nitrogens is 2. The summed E-state index contributed by atoms with van der Waals surface area (Å²) in [5.74, 6) is -0.476. The van der Waals surface area contributed by atoms with Crippen molar-refractivity contribution in [1.29, 1.82) is 0 Å². The van der Waals surface area contributed by atoms with Gasteiger partial charge in [0.05, 0.1) is 23.0 Å². The lowest BCUT2D eigenvalue weighted by atomic mass is 10.2. The number of sulfonamides is 1. The van der Waals surface area contributed by atoms with Gasteiger partial charge in [-0.15, -0.1) is 0 Å². The lowest BCUT2D eigenvalue weighted by Gasteiger charge is -2.28. The average molecular weight is 417 g/mol. The van der Waals surface area contributed by atoms with Gasteiger partial charge in [0.2, 0.25) is 15.9 Å². The smallest absolute Gasteiger partial charge is 0.324 e. The third-order valence-corrected chi connectivity index (χ3v) is 6.16. The molecule has 0 fully saturated rings. The number of benzene rings is 2. The SMILES string of the molecule is Cc1ccc(N(C(C)C(=O)Nc2ccc3c(c2)n(C)c(=O)n3C)S(C)(=O)=O)cc1. The highest BCUT2D eigenvalue weighted by Crippen LogP contribution is 2.23. The van der Waals surface area contributed by atoms with Gasteiger partial charge in [0.1, 0.15) is 6.04 Å². The molecule has 0 spiro atoms. The molecule has 9 heteroatoms. The zero-order chi connectivity index (χ0) is 21.5. The van der Waals surface area contributed by atoms with Gasteiger partial charge in [-0.05, 0) is 44.2 Å². The Bertz CT molecular complexity index is 1240. The van der Waals surface area contributed by atoms with Gasteiger partial charge < -0.3 is 5.32 Å². The Morgan fingerprint density at radius 2 is 1.62 bits per heavy atom. The van der Waals surface area contributed by atoms with Crippen LogP contribution in [0.15, 0.2) is 47.3 Å². The summed E-state index contributed by atoms with van der Waals surface area (Å²) in [6.07, 6.45) is 1.07. The minimum absolute atomic E-state index is 0.167. The van der Waals surface area contributed by atoms with Crippen molar-refractivity contribution in [2.75, 3.05) is 15.9 Å². The lowest BCUT2D eigenvalue weighted by Crippen LogP contribution is -2.45. The van der Waals surface area contributed by atoms with Crippen LogP contribution in [0, 0.1) is 6.92 Å². The highest BCUT2D eigenvalue weighted by molar-refractivity contribution is 7.92. The topological polar surface area (TPSA) is 93.4 Å². The Morgan fingerprint density at radius 3 is 2.21 bits per heavy atom. The molecule has 0 radical (unpaired) electrons. The van der Waals surface area contributed by atoms with E-state index in [1.165, 1.54) is 16.1 Å². The maximum absolute atomic E-state index is 12.8. The van der Waals surface area contributed by atoms with Crippen molar-refractivity contribution in [1.82, 2.24) is 9.13 Å². The van der Waals surface area contributed by atoms with Crippen molar-refractivity contribution in [2.45, 2.75) is 19.9 Å². The van der Waals surface area contributed by atoms with Crippen LogP contribution in [0.4, 0.5) is 11.4 Å². The molecule has 1 atom stereocenters. The molecule has 0 aliphatic rings. The van der Waals surface area contributed by atoms with Gasteiger partial charge in [0.25, 0.3) is 0 Å². The number of carbonyl (C=O) groups is 1. The van der Waals surface area contributed by atoms with Crippen LogP contribution in [-0.4, -0.2) is 35.8 Å². The summed E-state index contributed by atoms with van der Waals surface area (Å²) in [5, 5.41) is 2.75. The summed E-state index contributed by atoms with van der Waals surface area (Å²) in [5.41, 5.74) is 3.12. The van der Waals surface area contributed by atoms with E-state index in [1.807, 2.05) is 6.92 Å². The molecule has 1 heterocycles. The molecule has 0 saturated carbocycles. The first-order valence-corrected chi connectivity index (χ1v) is 10.9. The van der Waals surface area contributed by atoms with Gasteiger partial charge in [-0.2, -0.15) is 0 Å². The van der Waals surface area contributed by atoms with E-state index in [0.29, 0.717) is 16.9 Å². The Hall–Kier alpha value is -3.07. The molecule has 1 N–H and O–H groups in total. The van der Waals surface area contributed by atoms with Crippen LogP contribution in [0.5, 0.6) is 0 Å². The van der Waals surface area contributed by atoms with Crippen LogP contribution in [0.1, 0.15) is 12.5 Å². The van der Waals surface area contributed by atoms with Gasteiger partial charge >= 0.3 is 5.69 Å². The van der Waals surface area contributed by atoms with E-state index in [4.69, 9.17) is 0 Å². The van der Waals surface area contributed by atoms with Crippen LogP contribution >= 0.6 is 0 Å². The summed E-state index contributed by atoms with van der Waals surface area (Å²) < 4.78 is 28.9. The van der Waals surface area contributed by atoms with Gasteiger partial charge in [-0.3, -0.25) is 18.2 Å². The molecule has 8 nitrogen and oxygen atoms in total. The van der Waals surface area contributed by atoms with Gasteiger partial charge in [-0.25, -0.2) is 13.2 Å². The molecule has 3 aromatic rings. The maximum Gasteiger partial charge on any atom is 0.328 e. The van der Waals surface area contributed by atoms with Gasteiger partial charge in [-0.1, -0.05) is 17.7 Å². The van der Waals surface area contributed by atoms with Crippen LogP contribution < -0.4 is 15.3 Å². The molecule has 1 aromatic heterocycles. The Labute approximate surface area is 169 Å². The second-order valence-corrected chi connectivity index (χ2v) is 9.02. The third-order valence-electron chi connectivity index (χ3n) is 4.92. The molecule has 2 aromatic carbocycles. The number of nitrogens with zero attached hydrogens (tertiary/aromatic N) is 3. The molecule has 0 aliphatic heterocycles. The summed E-state index contributed by atoms with van der Waals surface area (Å²) in [4.78, 5) is 24.9. The molecule has 0 aliphatic carbocycles. The van der Waals surface area contributed by atoms with Crippen molar-refractivity contribution < 1.29 is 13.2 Å². The molecular formula is C20H24N4O4S. The minimum Gasteiger partial charge on any atom is -0.324 e. The molecule has 29 heavy (non-hydrogen) atoms. The Morgan fingerprint density at radius 1 is 1.03 bits per heavy atom. The van der Waals surface area contributed by atoms with Gasteiger partial charge in [0, 0.05) is 19.8 Å². The van der Waals surface area contributed by atoms with Gasteiger partial charge in [0.15, 0.2) is 0 Å². The number of carbonyl (C=O) groups excluding carboxylic acids is 1. The molecule has 1 amide bonds. The van der Waals surface area contributed by atoms with Crippen LogP contribution in [0.25, 0.3) is 11.0 Å². The standard InChI is InChI=1S/C20H24N4O4S/c1-13-6-9-16(10-7-13)24(29(5,27)28)14(2)19(25)21-15-8-11-17-18(12-15)23(4)20(26)22(17)3/h6-12,14H,1-5H3,(H,21,25). The van der Waals surface area contributed by atoms with E-state index in [1.54, 1.807) is 56.6 Å². The lowest BCUT2D eigenvalue weighted by molar-refractivity contribution is -0.116. The predicted octanol–water partition coefficient (Wildman–Crippen LogP) is 1.98. The highest BCUT2D eigenvalue weighted by Gasteiger charge is 2.29. The van der Waals surface area contributed by atoms with E-state index in [2.05, 4.69) is 5.32 Å². The quantitative estimate of drug-likeness (QED) is 0.688. The largest absolute Gasteiger partial charge is 0.328 e. The molecular weight excluding hydrogens is 392 g/mol. The number of hydrogen-bond donors (Lipinski definition) is 1. The number of rotatable bonds is 5. The molecule has 3 rings (SSSR count). The fraction of sp³-hybridized carbons (Fsp3) is 0.300. The average Bonchev–Trinajstić information content (AvgIpc) is 2.86. The molecule has 154 valence electrons. The first-order chi connectivity index (χ1) is 13.5. The van der Waals surface area contributed by atoms with Crippen molar-refractivity contribution in [2.24, 2.45) is 14.1 Å². The molecule has 1 unspecified atom stereocenters. The number of fused-ring (bicyclic) bond motifs is 1. The zero-order valence-corrected chi connectivity index (χ0v) is 17.8. The van der Waals surface area contributed by atoms with Crippen LogP contribution in [0.2, 0.25) is 0 Å². The second kappa shape index (κ2) is 7.40. The fourth-order valence-electron chi connectivity index (χ4n) is 3.33. The number of hydrogen-bond acceptors (Lipinski definition) is 4. The third kappa shape index (κ3) is 3.91. The van der Waals surface area contributed by atoms with Crippen molar-refractivity contribution in [3.05, 3.63) is 58.5 Å². The minimum atomic E-state index is -3.69. The van der Waals surface area contributed by atoms with E-state index < -0.39 is 22.0 Å². The normalized spacial score (nSPS) is 12.7. The Balaban J connectivity index is 1.92. The first kappa shape index (κ1) is 20.7. The Kier molecular flexibility index (Phi) is 5.27. The van der Waals surface area contributed by atoms with E-state index in [9.17, 15) is 18.0 Å². The van der Waals surface area contributed by atoms with Crippen molar-refractivity contribution in [3.63, 3.8) is 0 Å². The fourth-order valence-corrected chi connectivity index (χ4v) is 4.51. The number of nitrogens with one attached hydrogen (secondary N) is 1. The molecule has 0 bridgehead atoms. The summed E-state index contributed by atoms with van der Waals surface area (Å²) >= 11 is 0. The van der Waals surface area contributed by atoms with Crippen molar-refractivity contribution >= 4 is 38.3 Å². The maximum atomic E-state index is 12.8. The number of aryl methyl sites for hydroxylation is 3. The van der Waals surface area contributed by atoms with Crippen molar-refractivity contribution in [3.8, 4) is 0 Å². The van der Waals surface area contributed by atoms with Crippen LogP contribution in [0.3, 0.4) is 0 Å². The number of imidazole rings is 1. The van der Waals surface area contributed by atoms with Crippen LogP contribution in [-0.2, 0) is 28.9 Å². The first-order valence-electron chi connectivity index (χ1n) is 9.03. The summed E-state index contributed by atoms with van der Waals surface area (Å²) in [7, 11) is -0.356. The van der Waals surface area contributed by atoms with E-state index >= 15 is 0 Å². The summed E-state index contributed by atoms with van der Waals surface area (Å²) in [6.45, 7) is 3.44.